The van der Waals surface area contributed by atoms with Gasteiger partial charge in [0, 0.05) is 11.8 Å². The fraction of sp³-hybridized carbons (Fsp3) is 0.762. The molecule has 2 heteroatoms. The first kappa shape index (κ1) is 15.5. The number of ketones is 1. The van der Waals surface area contributed by atoms with Crippen molar-refractivity contribution in [3.8, 4) is 12.3 Å². The molecule has 3 saturated carbocycles. The number of rotatable bonds is 0. The minimum absolute atomic E-state index is 0.120. The first-order chi connectivity index (χ1) is 10.8. The Labute approximate surface area is 139 Å². The highest BCUT2D eigenvalue weighted by atomic mass is 16.3. The predicted octanol–water partition coefficient (Wildman–Crippen LogP) is 3.88. The summed E-state index contributed by atoms with van der Waals surface area (Å²) in [4.78, 5) is 11.8. The topological polar surface area (TPSA) is 37.3 Å². The molecule has 3 fully saturated rings. The summed E-state index contributed by atoms with van der Waals surface area (Å²) in [5.41, 5.74) is 0.575. The van der Waals surface area contributed by atoms with E-state index in [-0.39, 0.29) is 10.8 Å². The lowest BCUT2D eigenvalue weighted by molar-refractivity contribution is -0.119. The van der Waals surface area contributed by atoms with E-state index in [4.69, 9.17) is 6.42 Å². The van der Waals surface area contributed by atoms with Gasteiger partial charge in [0.2, 0.25) is 0 Å². The molecule has 4 aliphatic carbocycles. The average molecular weight is 312 g/mol. The molecule has 124 valence electrons. The van der Waals surface area contributed by atoms with E-state index in [1.54, 1.807) is 0 Å². The second kappa shape index (κ2) is 4.73. The van der Waals surface area contributed by atoms with E-state index in [0.717, 1.165) is 38.5 Å². The molecule has 0 aliphatic heterocycles. The van der Waals surface area contributed by atoms with E-state index in [1.807, 2.05) is 6.08 Å². The number of fused-ring (bicyclic) bond motifs is 5. The van der Waals surface area contributed by atoms with E-state index in [0.29, 0.717) is 30.0 Å². The van der Waals surface area contributed by atoms with Crippen LogP contribution in [0.1, 0.15) is 65.2 Å². The van der Waals surface area contributed by atoms with Crippen molar-refractivity contribution in [2.75, 3.05) is 0 Å². The molecule has 0 radical (unpaired) electrons. The Hall–Kier alpha value is -1.07. The summed E-state index contributed by atoms with van der Waals surface area (Å²) < 4.78 is 0. The number of carbonyl (C=O) groups excluding carboxylic acids is 1. The monoisotopic (exact) mass is 312 g/mol. The third-order valence-electron chi connectivity index (χ3n) is 8.35. The van der Waals surface area contributed by atoms with Crippen LogP contribution in [0.15, 0.2) is 11.6 Å². The lowest BCUT2D eigenvalue weighted by atomic mass is 9.46. The number of allylic oxidation sites excluding steroid dienone is 1. The first-order valence-electron chi connectivity index (χ1n) is 9.28. The molecule has 0 spiro atoms. The Morgan fingerprint density at radius 2 is 1.87 bits per heavy atom. The summed E-state index contributed by atoms with van der Waals surface area (Å²) in [6, 6.07) is 0. The van der Waals surface area contributed by atoms with Gasteiger partial charge in [-0.15, -0.1) is 6.42 Å². The minimum atomic E-state index is -0.914. The zero-order chi connectivity index (χ0) is 16.5. The molecule has 23 heavy (non-hydrogen) atoms. The van der Waals surface area contributed by atoms with Gasteiger partial charge in [-0.1, -0.05) is 25.3 Å². The first-order valence-corrected chi connectivity index (χ1v) is 9.28. The average Bonchev–Trinajstić information content (AvgIpc) is 2.80. The molecule has 0 aromatic carbocycles. The van der Waals surface area contributed by atoms with Crippen LogP contribution in [-0.2, 0) is 4.79 Å². The fourth-order valence-corrected chi connectivity index (χ4v) is 6.81. The van der Waals surface area contributed by atoms with E-state index in [1.165, 1.54) is 12.0 Å². The van der Waals surface area contributed by atoms with Gasteiger partial charge in [-0.2, -0.15) is 0 Å². The maximum atomic E-state index is 11.8. The molecule has 6 atom stereocenters. The van der Waals surface area contributed by atoms with Crippen LogP contribution in [0, 0.1) is 40.9 Å². The van der Waals surface area contributed by atoms with Crippen molar-refractivity contribution < 1.29 is 9.90 Å². The standard InChI is InChI=1S/C21H28O2/c1-4-21(23)12-9-18-16-6-5-14-13-15(22)7-10-19(14,2)17(16)8-11-20(18,21)3/h1,13,16-18,23H,5-12H2,2-3H3/t16-,17+,18+,19+,20+,21-/m0/s1. The van der Waals surface area contributed by atoms with Crippen LogP contribution in [0.2, 0.25) is 0 Å². The van der Waals surface area contributed by atoms with Gasteiger partial charge in [-0.25, -0.2) is 0 Å². The van der Waals surface area contributed by atoms with Gasteiger partial charge in [0.15, 0.2) is 5.78 Å². The molecule has 2 nitrogen and oxygen atoms in total. The Balaban J connectivity index is 1.70. The van der Waals surface area contributed by atoms with Crippen molar-refractivity contribution in [2.24, 2.45) is 28.6 Å². The summed E-state index contributed by atoms with van der Waals surface area (Å²) in [7, 11) is 0. The van der Waals surface area contributed by atoms with Crippen LogP contribution in [0.5, 0.6) is 0 Å². The molecule has 0 saturated heterocycles. The summed E-state index contributed by atoms with van der Waals surface area (Å²) in [6.45, 7) is 4.63. The molecule has 0 aromatic rings. The third-order valence-corrected chi connectivity index (χ3v) is 8.35. The van der Waals surface area contributed by atoms with E-state index < -0.39 is 5.60 Å². The number of hydrogen-bond acceptors (Lipinski definition) is 2. The third kappa shape index (κ3) is 1.84. The van der Waals surface area contributed by atoms with Crippen LogP contribution < -0.4 is 0 Å². The molecular weight excluding hydrogens is 284 g/mol. The van der Waals surface area contributed by atoms with E-state index in [9.17, 15) is 9.90 Å². The fourth-order valence-electron chi connectivity index (χ4n) is 6.81. The zero-order valence-corrected chi connectivity index (χ0v) is 14.4. The van der Waals surface area contributed by atoms with Gasteiger partial charge in [0.25, 0.3) is 0 Å². The van der Waals surface area contributed by atoms with Crippen LogP contribution >= 0.6 is 0 Å². The zero-order valence-electron chi connectivity index (χ0n) is 14.4. The lowest BCUT2D eigenvalue weighted by Gasteiger charge is -2.58. The Morgan fingerprint density at radius 1 is 1.13 bits per heavy atom. The van der Waals surface area contributed by atoms with Crippen LogP contribution in [0.25, 0.3) is 0 Å². The smallest absolute Gasteiger partial charge is 0.155 e. The molecule has 0 heterocycles. The lowest BCUT2D eigenvalue weighted by Crippen LogP contribution is -2.54. The Bertz CT molecular complexity index is 626. The minimum Gasteiger partial charge on any atom is -0.377 e. The summed E-state index contributed by atoms with van der Waals surface area (Å²) >= 11 is 0. The number of carbonyl (C=O) groups is 1. The van der Waals surface area contributed by atoms with E-state index in [2.05, 4.69) is 19.8 Å². The summed E-state index contributed by atoms with van der Waals surface area (Å²) in [5, 5.41) is 11.0. The van der Waals surface area contributed by atoms with Crippen molar-refractivity contribution in [3.63, 3.8) is 0 Å². The molecule has 0 aromatic heterocycles. The Morgan fingerprint density at radius 3 is 2.61 bits per heavy atom. The van der Waals surface area contributed by atoms with Gasteiger partial charge < -0.3 is 5.11 Å². The van der Waals surface area contributed by atoms with Crippen LogP contribution in [0.4, 0.5) is 0 Å². The normalized spacial score (nSPS) is 52.0. The molecule has 0 unspecified atom stereocenters. The maximum absolute atomic E-state index is 11.8. The second-order valence-electron chi connectivity index (χ2n) is 8.97. The van der Waals surface area contributed by atoms with Crippen molar-refractivity contribution in [2.45, 2.75) is 70.8 Å². The molecule has 0 amide bonds. The molecule has 4 aliphatic rings. The van der Waals surface area contributed by atoms with Gasteiger partial charge in [0.1, 0.15) is 5.60 Å². The Kier molecular flexibility index (Phi) is 3.18. The molecule has 1 N–H and O–H groups in total. The van der Waals surface area contributed by atoms with Gasteiger partial charge in [0.05, 0.1) is 0 Å². The number of hydrogen-bond donors (Lipinski definition) is 1. The summed E-state index contributed by atoms with van der Waals surface area (Å²) in [6.07, 6.45) is 15.6. The quantitative estimate of drug-likeness (QED) is 0.689. The molecular formula is C21H28O2. The highest BCUT2D eigenvalue weighted by molar-refractivity contribution is 5.91. The van der Waals surface area contributed by atoms with Crippen molar-refractivity contribution in [3.05, 3.63) is 11.6 Å². The highest BCUT2D eigenvalue weighted by Crippen LogP contribution is 2.67. The summed E-state index contributed by atoms with van der Waals surface area (Å²) in [5.74, 6) is 4.93. The van der Waals surface area contributed by atoms with Crippen molar-refractivity contribution in [1.29, 1.82) is 0 Å². The number of terminal acetylenes is 1. The molecule has 0 bridgehead atoms. The van der Waals surface area contributed by atoms with Gasteiger partial charge in [-0.3, -0.25) is 4.79 Å². The van der Waals surface area contributed by atoms with Crippen LogP contribution in [0.3, 0.4) is 0 Å². The van der Waals surface area contributed by atoms with Crippen molar-refractivity contribution >= 4 is 5.78 Å². The maximum Gasteiger partial charge on any atom is 0.155 e. The van der Waals surface area contributed by atoms with Gasteiger partial charge >= 0.3 is 0 Å². The van der Waals surface area contributed by atoms with E-state index >= 15 is 0 Å². The predicted molar refractivity (Wildman–Crippen MR) is 90.5 cm³/mol. The molecule has 4 rings (SSSR count). The largest absolute Gasteiger partial charge is 0.377 e. The second-order valence-corrected chi connectivity index (χ2v) is 8.97. The highest BCUT2D eigenvalue weighted by Gasteiger charge is 2.63. The van der Waals surface area contributed by atoms with Gasteiger partial charge in [-0.05, 0) is 74.2 Å². The van der Waals surface area contributed by atoms with Crippen LogP contribution in [-0.4, -0.2) is 16.5 Å². The van der Waals surface area contributed by atoms with Crippen molar-refractivity contribution in [1.82, 2.24) is 0 Å². The number of aliphatic hydroxyl groups is 1. The SMILES string of the molecule is C#C[C@]1(O)CC[C@@H]2[C@H]3CCC4=CC(=O)CC[C@@]4(C)[C@@H]3CC[C@]21C.